The van der Waals surface area contributed by atoms with Crippen LogP contribution in [-0.4, -0.2) is 31.4 Å². The van der Waals surface area contributed by atoms with Crippen molar-refractivity contribution in [3.8, 4) is 11.4 Å². The van der Waals surface area contributed by atoms with Gasteiger partial charge in [-0.3, -0.25) is 0 Å². The molecule has 0 radical (unpaired) electrons. The molecule has 0 aliphatic carbocycles. The summed E-state index contributed by atoms with van der Waals surface area (Å²) < 4.78 is 50.5. The second kappa shape index (κ2) is 9.40. The SMILES string of the molecule is COc1cc(C=Cc2nc3n(n2)CCCC[C@H]3c2cc(F)c(F)c(F)c2)ccc1-n1cnc(C)c1. The zero-order valence-electron chi connectivity index (χ0n) is 19.4. The summed E-state index contributed by atoms with van der Waals surface area (Å²) in [5, 5.41) is 4.59. The van der Waals surface area contributed by atoms with Crippen LogP contribution in [0, 0.1) is 24.4 Å². The second-order valence-electron chi connectivity index (χ2n) is 8.59. The molecule has 0 amide bonds. The van der Waals surface area contributed by atoms with E-state index in [1.54, 1.807) is 24.2 Å². The van der Waals surface area contributed by atoms with E-state index in [0.717, 1.165) is 41.9 Å². The number of imidazole rings is 1. The van der Waals surface area contributed by atoms with Crippen LogP contribution in [0.3, 0.4) is 0 Å². The van der Waals surface area contributed by atoms with Crippen molar-refractivity contribution >= 4 is 12.2 Å². The molecule has 5 rings (SSSR count). The Balaban J connectivity index is 1.44. The smallest absolute Gasteiger partial charge is 0.194 e. The number of hydrogen-bond acceptors (Lipinski definition) is 4. The van der Waals surface area contributed by atoms with E-state index in [1.165, 1.54) is 0 Å². The third-order valence-corrected chi connectivity index (χ3v) is 6.17. The maximum atomic E-state index is 13.9. The van der Waals surface area contributed by atoms with Crippen LogP contribution in [-0.2, 0) is 6.54 Å². The van der Waals surface area contributed by atoms with Gasteiger partial charge in [-0.15, -0.1) is 0 Å². The van der Waals surface area contributed by atoms with Gasteiger partial charge in [-0.1, -0.05) is 18.6 Å². The minimum absolute atomic E-state index is 0.363. The van der Waals surface area contributed by atoms with Gasteiger partial charge in [0.1, 0.15) is 11.6 Å². The summed E-state index contributed by atoms with van der Waals surface area (Å²) in [6.07, 6.45) is 9.70. The predicted octanol–water partition coefficient (Wildman–Crippen LogP) is 5.68. The van der Waals surface area contributed by atoms with Crippen LogP contribution in [0.4, 0.5) is 13.2 Å². The number of nitrogens with zero attached hydrogens (tertiary/aromatic N) is 5. The van der Waals surface area contributed by atoms with Gasteiger partial charge in [0.15, 0.2) is 23.3 Å². The van der Waals surface area contributed by atoms with E-state index in [2.05, 4.69) is 15.1 Å². The molecule has 1 aliphatic heterocycles. The monoisotopic (exact) mass is 479 g/mol. The third-order valence-electron chi connectivity index (χ3n) is 6.17. The van der Waals surface area contributed by atoms with Gasteiger partial charge >= 0.3 is 0 Å². The molecule has 0 unspecified atom stereocenters. The van der Waals surface area contributed by atoms with E-state index >= 15 is 0 Å². The Kier molecular flexibility index (Phi) is 6.15. The fourth-order valence-corrected chi connectivity index (χ4v) is 4.43. The number of ether oxygens (including phenoxy) is 1. The average Bonchev–Trinajstić information content (AvgIpc) is 3.41. The molecule has 0 bridgehead atoms. The van der Waals surface area contributed by atoms with Crippen molar-refractivity contribution in [2.75, 3.05) is 7.11 Å². The van der Waals surface area contributed by atoms with Crippen LogP contribution in [0.2, 0.25) is 0 Å². The Morgan fingerprint density at radius 2 is 1.86 bits per heavy atom. The maximum Gasteiger partial charge on any atom is 0.194 e. The Labute approximate surface area is 200 Å². The molecule has 1 aliphatic rings. The molecular weight excluding hydrogens is 455 g/mol. The van der Waals surface area contributed by atoms with E-state index < -0.39 is 17.5 Å². The molecule has 1 atom stereocenters. The molecule has 0 spiro atoms. The van der Waals surface area contributed by atoms with Crippen molar-refractivity contribution in [2.45, 2.75) is 38.6 Å². The number of aryl methyl sites for hydroxylation is 2. The van der Waals surface area contributed by atoms with Gasteiger partial charge in [-0.2, -0.15) is 5.10 Å². The lowest BCUT2D eigenvalue weighted by Gasteiger charge is -2.14. The standard InChI is InChI=1S/C26H24F3N5O/c1-16-14-33(15-30-16)22-8-6-17(11-23(22)35-2)7-9-24-31-26-19(5-3-4-10-34(26)32-24)18-12-20(27)25(29)21(28)13-18/h6-9,11-15,19H,3-5,10H2,1-2H3/t19-/m0/s1. The van der Waals surface area contributed by atoms with E-state index in [4.69, 9.17) is 4.74 Å². The first-order chi connectivity index (χ1) is 16.9. The fourth-order valence-electron chi connectivity index (χ4n) is 4.43. The molecule has 6 nitrogen and oxygen atoms in total. The molecule has 0 fully saturated rings. The van der Waals surface area contributed by atoms with Gasteiger partial charge < -0.3 is 9.30 Å². The number of halogens is 3. The molecule has 180 valence electrons. The number of fused-ring (bicyclic) bond motifs is 1. The summed E-state index contributed by atoms with van der Waals surface area (Å²) in [5.74, 6) is -2.41. The quantitative estimate of drug-likeness (QED) is 0.346. The number of rotatable bonds is 5. The molecule has 3 heterocycles. The lowest BCUT2D eigenvalue weighted by Crippen LogP contribution is -2.09. The molecule has 0 saturated heterocycles. The van der Waals surface area contributed by atoms with Gasteiger partial charge in [-0.25, -0.2) is 27.8 Å². The largest absolute Gasteiger partial charge is 0.495 e. The normalized spacial score (nSPS) is 15.9. The minimum Gasteiger partial charge on any atom is -0.495 e. The molecule has 9 heteroatoms. The van der Waals surface area contributed by atoms with Crippen molar-refractivity contribution in [3.05, 3.63) is 88.8 Å². The van der Waals surface area contributed by atoms with Crippen LogP contribution in [0.25, 0.3) is 17.8 Å². The lowest BCUT2D eigenvalue weighted by molar-refractivity contribution is 0.413. The average molecular weight is 480 g/mol. The Morgan fingerprint density at radius 3 is 2.57 bits per heavy atom. The maximum absolute atomic E-state index is 13.9. The van der Waals surface area contributed by atoms with E-state index in [0.29, 0.717) is 35.9 Å². The zero-order valence-corrected chi connectivity index (χ0v) is 19.4. The van der Waals surface area contributed by atoms with Gasteiger partial charge in [0, 0.05) is 18.7 Å². The number of benzene rings is 2. The zero-order chi connectivity index (χ0) is 24.5. The summed E-state index contributed by atoms with van der Waals surface area (Å²) in [7, 11) is 1.62. The van der Waals surface area contributed by atoms with Gasteiger partial charge in [0.05, 0.1) is 24.8 Å². The molecule has 4 aromatic rings. The Bertz CT molecular complexity index is 1380. The topological polar surface area (TPSA) is 57.8 Å². The van der Waals surface area contributed by atoms with Gasteiger partial charge in [0.25, 0.3) is 0 Å². The van der Waals surface area contributed by atoms with Crippen molar-refractivity contribution in [1.29, 1.82) is 0 Å². The highest BCUT2D eigenvalue weighted by atomic mass is 19.2. The molecule has 35 heavy (non-hydrogen) atoms. The minimum atomic E-state index is -1.46. The fraction of sp³-hybridized carbons (Fsp3) is 0.269. The summed E-state index contributed by atoms with van der Waals surface area (Å²) in [6.45, 7) is 2.58. The lowest BCUT2D eigenvalue weighted by atomic mass is 9.93. The molecule has 0 N–H and O–H groups in total. The van der Waals surface area contributed by atoms with Crippen LogP contribution in [0.1, 0.15) is 53.7 Å². The number of methoxy groups -OCH3 is 1. The summed E-state index contributed by atoms with van der Waals surface area (Å²) >= 11 is 0. The molecule has 2 aromatic heterocycles. The highest BCUT2D eigenvalue weighted by molar-refractivity contribution is 5.69. The molecule has 0 saturated carbocycles. The van der Waals surface area contributed by atoms with Gasteiger partial charge in [-0.05, 0) is 61.2 Å². The van der Waals surface area contributed by atoms with E-state index in [-0.39, 0.29) is 5.92 Å². The molecular formula is C26H24F3N5O. The Morgan fingerprint density at radius 1 is 1.06 bits per heavy atom. The van der Waals surface area contributed by atoms with Crippen molar-refractivity contribution < 1.29 is 17.9 Å². The highest BCUT2D eigenvalue weighted by Gasteiger charge is 2.26. The first-order valence-corrected chi connectivity index (χ1v) is 11.4. The number of aromatic nitrogens is 5. The summed E-state index contributed by atoms with van der Waals surface area (Å²) in [4.78, 5) is 8.92. The predicted molar refractivity (Wildman–Crippen MR) is 126 cm³/mol. The summed E-state index contributed by atoms with van der Waals surface area (Å²) in [6, 6.07) is 7.92. The van der Waals surface area contributed by atoms with Crippen LogP contribution in [0.15, 0.2) is 42.9 Å². The van der Waals surface area contributed by atoms with Crippen molar-refractivity contribution in [3.63, 3.8) is 0 Å². The highest BCUT2D eigenvalue weighted by Crippen LogP contribution is 2.33. The number of hydrogen-bond donors (Lipinski definition) is 0. The summed E-state index contributed by atoms with van der Waals surface area (Å²) in [5.41, 5.74) is 3.04. The second-order valence-corrected chi connectivity index (χ2v) is 8.59. The Hall–Kier alpha value is -3.88. The van der Waals surface area contributed by atoms with Crippen LogP contribution in [0.5, 0.6) is 5.75 Å². The van der Waals surface area contributed by atoms with Crippen molar-refractivity contribution in [2.24, 2.45) is 0 Å². The first kappa shape index (κ1) is 22.9. The van der Waals surface area contributed by atoms with Gasteiger partial charge in [0.2, 0.25) is 0 Å². The van der Waals surface area contributed by atoms with E-state index in [9.17, 15) is 13.2 Å². The third kappa shape index (κ3) is 4.58. The van der Waals surface area contributed by atoms with E-state index in [1.807, 2.05) is 42.0 Å². The van der Waals surface area contributed by atoms with Crippen LogP contribution < -0.4 is 4.74 Å². The first-order valence-electron chi connectivity index (χ1n) is 11.4. The van der Waals surface area contributed by atoms with Crippen molar-refractivity contribution in [1.82, 2.24) is 24.3 Å². The molecule has 2 aromatic carbocycles. The van der Waals surface area contributed by atoms with Crippen LogP contribution >= 0.6 is 0 Å².